The number of hydrogen-bond acceptors (Lipinski definition) is 4. The third-order valence-corrected chi connectivity index (χ3v) is 4.72. The molecule has 0 heterocycles. The molecule has 0 bridgehead atoms. The Morgan fingerprint density at radius 3 is 2.50 bits per heavy atom. The number of carbonyl (C=O) groups excluding carboxylic acids is 1. The topological polar surface area (TPSA) is 50.1 Å². The number of nitrogens with zero attached hydrogens (tertiary/aromatic N) is 1. The summed E-state index contributed by atoms with van der Waals surface area (Å²) in [6.45, 7) is 0. The summed E-state index contributed by atoms with van der Waals surface area (Å²) in [5, 5.41) is 11.4. The van der Waals surface area contributed by atoms with Gasteiger partial charge in [0.15, 0.2) is 0 Å². The van der Waals surface area contributed by atoms with Crippen LogP contribution in [-0.4, -0.2) is 11.7 Å². The minimum absolute atomic E-state index is 0.171. The van der Waals surface area contributed by atoms with Gasteiger partial charge in [0, 0.05) is 15.3 Å². The van der Waals surface area contributed by atoms with E-state index in [2.05, 4.69) is 0 Å². The fraction of sp³-hybridized carbons (Fsp3) is 0.0526. The minimum atomic E-state index is -0.353. The quantitative estimate of drug-likeness (QED) is 0.373. The highest BCUT2D eigenvalue weighted by Crippen LogP contribution is 2.33. The van der Waals surface area contributed by atoms with Gasteiger partial charge in [0.1, 0.15) is 5.75 Å². The summed E-state index contributed by atoms with van der Waals surface area (Å²) in [7, 11) is 0. The van der Waals surface area contributed by atoms with Crippen molar-refractivity contribution in [1.29, 1.82) is 5.26 Å². The maximum Gasteiger partial charge on any atom is 0.321 e. The summed E-state index contributed by atoms with van der Waals surface area (Å²) >= 11 is 7.67. The molecule has 3 aromatic rings. The molecule has 3 nitrogen and oxygen atoms in total. The summed E-state index contributed by atoms with van der Waals surface area (Å²) < 4.78 is 5.28. The second kappa shape index (κ2) is 7.39. The molecule has 0 radical (unpaired) electrons. The van der Waals surface area contributed by atoms with Crippen molar-refractivity contribution in [3.63, 3.8) is 0 Å². The lowest BCUT2D eigenvalue weighted by molar-refractivity contribution is -0.131. The second-order valence-electron chi connectivity index (χ2n) is 4.99. The Bertz CT molecular complexity index is 927. The van der Waals surface area contributed by atoms with Crippen molar-refractivity contribution in [3.8, 4) is 11.8 Å². The van der Waals surface area contributed by atoms with Gasteiger partial charge in [0.05, 0.1) is 17.4 Å². The maximum absolute atomic E-state index is 12.0. The van der Waals surface area contributed by atoms with Crippen molar-refractivity contribution in [2.75, 3.05) is 5.75 Å². The van der Waals surface area contributed by atoms with E-state index in [0.717, 1.165) is 15.7 Å². The van der Waals surface area contributed by atoms with Crippen LogP contribution >= 0.6 is 23.4 Å². The highest BCUT2D eigenvalue weighted by atomic mass is 35.5. The van der Waals surface area contributed by atoms with E-state index in [1.54, 1.807) is 24.3 Å². The van der Waals surface area contributed by atoms with E-state index >= 15 is 0 Å². The third kappa shape index (κ3) is 3.70. The van der Waals surface area contributed by atoms with Crippen LogP contribution in [0.1, 0.15) is 5.56 Å². The summed E-state index contributed by atoms with van der Waals surface area (Å²) in [4.78, 5) is 13.0. The molecule has 24 heavy (non-hydrogen) atoms. The Morgan fingerprint density at radius 1 is 1.08 bits per heavy atom. The van der Waals surface area contributed by atoms with Crippen molar-refractivity contribution < 1.29 is 9.53 Å². The summed E-state index contributed by atoms with van der Waals surface area (Å²) in [6, 6.07) is 20.0. The second-order valence-corrected chi connectivity index (χ2v) is 6.42. The van der Waals surface area contributed by atoms with Crippen LogP contribution in [0.25, 0.3) is 10.8 Å². The molecule has 3 rings (SSSR count). The fourth-order valence-corrected chi connectivity index (χ4v) is 3.50. The normalized spacial score (nSPS) is 10.3. The zero-order valence-electron chi connectivity index (χ0n) is 12.5. The number of thioether (sulfide) groups is 1. The first-order chi connectivity index (χ1) is 11.7. The van der Waals surface area contributed by atoms with Crippen LogP contribution in [0.15, 0.2) is 65.6 Å². The van der Waals surface area contributed by atoms with Gasteiger partial charge in [-0.25, -0.2) is 0 Å². The lowest BCUT2D eigenvalue weighted by Crippen LogP contribution is -2.10. The average Bonchev–Trinajstić information content (AvgIpc) is 2.61. The van der Waals surface area contributed by atoms with Gasteiger partial charge < -0.3 is 4.74 Å². The van der Waals surface area contributed by atoms with E-state index in [-0.39, 0.29) is 11.7 Å². The molecule has 3 aromatic carbocycles. The van der Waals surface area contributed by atoms with Gasteiger partial charge in [-0.15, -0.1) is 11.8 Å². The molecule has 0 spiro atoms. The summed E-state index contributed by atoms with van der Waals surface area (Å²) in [5.41, 5.74) is 0.523. The smallest absolute Gasteiger partial charge is 0.321 e. The number of nitriles is 1. The highest BCUT2D eigenvalue weighted by Gasteiger charge is 2.10. The number of fused-ring (bicyclic) bond motifs is 1. The first-order valence-corrected chi connectivity index (χ1v) is 8.54. The van der Waals surface area contributed by atoms with Gasteiger partial charge in [0.25, 0.3) is 0 Å². The van der Waals surface area contributed by atoms with Crippen molar-refractivity contribution in [2.45, 2.75) is 4.90 Å². The number of ether oxygens (including phenoxy) is 1. The molecule has 0 unspecified atom stereocenters. The first kappa shape index (κ1) is 16.4. The van der Waals surface area contributed by atoms with Gasteiger partial charge in [-0.2, -0.15) is 5.26 Å². The van der Waals surface area contributed by atoms with Crippen LogP contribution in [0.4, 0.5) is 0 Å². The molecule has 0 amide bonds. The van der Waals surface area contributed by atoms with E-state index < -0.39 is 0 Å². The summed E-state index contributed by atoms with van der Waals surface area (Å²) in [5.74, 6) is 0.244. The van der Waals surface area contributed by atoms with E-state index in [4.69, 9.17) is 21.6 Å². The largest absolute Gasteiger partial charge is 0.426 e. The van der Waals surface area contributed by atoms with Gasteiger partial charge in [0.2, 0.25) is 0 Å². The Morgan fingerprint density at radius 2 is 1.79 bits per heavy atom. The molecule has 0 aliphatic carbocycles. The van der Waals surface area contributed by atoms with Gasteiger partial charge in [-0.1, -0.05) is 35.9 Å². The lowest BCUT2D eigenvalue weighted by atomic mass is 10.1. The molecule has 0 aliphatic rings. The van der Waals surface area contributed by atoms with Crippen LogP contribution in [0.5, 0.6) is 5.75 Å². The van der Waals surface area contributed by atoms with E-state index in [0.29, 0.717) is 16.3 Å². The number of hydrogen-bond donors (Lipinski definition) is 0. The van der Waals surface area contributed by atoms with Gasteiger partial charge in [-0.05, 0) is 41.8 Å². The van der Waals surface area contributed by atoms with E-state index in [1.165, 1.54) is 11.8 Å². The Kier molecular flexibility index (Phi) is 5.05. The van der Waals surface area contributed by atoms with E-state index in [1.807, 2.05) is 42.5 Å². The van der Waals surface area contributed by atoms with Crippen LogP contribution < -0.4 is 4.74 Å². The predicted octanol–water partition coefficient (Wildman–Crippen LogP) is 5.06. The Labute approximate surface area is 148 Å². The van der Waals surface area contributed by atoms with Crippen molar-refractivity contribution in [1.82, 2.24) is 0 Å². The van der Waals surface area contributed by atoms with E-state index in [9.17, 15) is 4.79 Å². The molecular weight excluding hydrogens is 342 g/mol. The number of rotatable bonds is 4. The number of benzene rings is 3. The number of halogens is 1. The molecule has 0 aromatic heterocycles. The zero-order chi connectivity index (χ0) is 16.9. The molecular formula is C19H12ClNO2S. The number of esters is 1. The maximum atomic E-state index is 12.0. The lowest BCUT2D eigenvalue weighted by Gasteiger charge is -2.08. The molecule has 118 valence electrons. The van der Waals surface area contributed by atoms with Crippen LogP contribution in [0, 0.1) is 11.3 Å². The Balaban J connectivity index is 1.69. The average molecular weight is 354 g/mol. The monoisotopic (exact) mass is 353 g/mol. The first-order valence-electron chi connectivity index (χ1n) is 7.18. The molecule has 0 fully saturated rings. The van der Waals surface area contributed by atoms with Crippen LogP contribution in [0.3, 0.4) is 0 Å². The molecule has 0 N–H and O–H groups in total. The fourth-order valence-electron chi connectivity index (χ4n) is 2.28. The van der Waals surface area contributed by atoms with Crippen molar-refractivity contribution in [3.05, 3.63) is 71.2 Å². The Hall–Kier alpha value is -2.48. The zero-order valence-corrected chi connectivity index (χ0v) is 14.1. The van der Waals surface area contributed by atoms with Gasteiger partial charge in [-0.3, -0.25) is 4.79 Å². The third-order valence-electron chi connectivity index (χ3n) is 3.38. The molecule has 0 saturated carbocycles. The molecule has 0 aliphatic heterocycles. The van der Waals surface area contributed by atoms with Crippen LogP contribution in [-0.2, 0) is 4.79 Å². The SMILES string of the molecule is N#Cc1ccc(OC(=O)CSc2cccc3cccc(Cl)c23)cc1. The molecule has 5 heteroatoms. The van der Waals surface area contributed by atoms with Crippen LogP contribution in [0.2, 0.25) is 5.02 Å². The van der Waals surface area contributed by atoms with Gasteiger partial charge >= 0.3 is 5.97 Å². The number of carbonyl (C=O) groups is 1. The van der Waals surface area contributed by atoms with Crippen molar-refractivity contribution >= 4 is 40.1 Å². The molecule has 0 saturated heterocycles. The standard InChI is InChI=1S/C19H12ClNO2S/c20-16-5-1-3-14-4-2-6-17(19(14)16)24-12-18(22)23-15-9-7-13(11-21)8-10-15/h1-10H,12H2. The minimum Gasteiger partial charge on any atom is -0.426 e. The van der Waals surface area contributed by atoms with Crippen molar-refractivity contribution in [2.24, 2.45) is 0 Å². The highest BCUT2D eigenvalue weighted by molar-refractivity contribution is 8.00. The predicted molar refractivity (Wildman–Crippen MR) is 96.5 cm³/mol. The molecule has 0 atom stereocenters. The summed E-state index contributed by atoms with van der Waals surface area (Å²) in [6.07, 6.45) is 0.